The Bertz CT molecular complexity index is 285. The van der Waals surface area contributed by atoms with E-state index < -0.39 is 5.60 Å². The van der Waals surface area contributed by atoms with Crippen LogP contribution in [0.2, 0.25) is 0 Å². The minimum atomic E-state index is -0.785. The van der Waals surface area contributed by atoms with Gasteiger partial charge in [-0.25, -0.2) is 0 Å². The van der Waals surface area contributed by atoms with Crippen molar-refractivity contribution in [3.05, 3.63) is 48.0 Å². The second kappa shape index (κ2) is 3.75. The summed E-state index contributed by atoms with van der Waals surface area (Å²) in [5, 5.41) is 10.1. The Morgan fingerprint density at radius 2 is 1.92 bits per heavy atom. The SMILES string of the molecule is C=C(C)C[C@@](C)(O)c1ccccc1. The summed E-state index contributed by atoms with van der Waals surface area (Å²) >= 11 is 0. The Hall–Kier alpha value is -1.08. The summed E-state index contributed by atoms with van der Waals surface area (Å²) in [5.74, 6) is 0. The standard InChI is InChI=1S/C12H16O/c1-10(2)9-12(3,13)11-7-5-4-6-8-11/h4-8,13H,1,9H2,2-3H3/t12-/m1/s1. The van der Waals surface area contributed by atoms with E-state index in [2.05, 4.69) is 6.58 Å². The number of hydrogen-bond donors (Lipinski definition) is 1. The molecule has 0 radical (unpaired) electrons. The quantitative estimate of drug-likeness (QED) is 0.702. The van der Waals surface area contributed by atoms with Gasteiger partial charge in [-0.05, 0) is 19.4 Å². The van der Waals surface area contributed by atoms with Crippen molar-refractivity contribution in [2.75, 3.05) is 0 Å². The van der Waals surface area contributed by atoms with Crippen molar-refractivity contribution in [2.45, 2.75) is 25.9 Å². The molecule has 0 aliphatic heterocycles. The number of rotatable bonds is 3. The molecule has 0 aliphatic carbocycles. The zero-order valence-electron chi connectivity index (χ0n) is 8.25. The van der Waals surface area contributed by atoms with E-state index in [1.165, 1.54) is 0 Å². The van der Waals surface area contributed by atoms with Crippen molar-refractivity contribution in [1.29, 1.82) is 0 Å². The molecule has 1 rings (SSSR count). The summed E-state index contributed by atoms with van der Waals surface area (Å²) in [5.41, 5.74) is 1.15. The summed E-state index contributed by atoms with van der Waals surface area (Å²) in [6, 6.07) is 9.68. The molecule has 1 nitrogen and oxygen atoms in total. The lowest BCUT2D eigenvalue weighted by Gasteiger charge is -2.23. The molecule has 1 atom stereocenters. The minimum Gasteiger partial charge on any atom is -0.385 e. The molecule has 0 heterocycles. The average molecular weight is 176 g/mol. The zero-order valence-corrected chi connectivity index (χ0v) is 8.25. The molecular weight excluding hydrogens is 160 g/mol. The van der Waals surface area contributed by atoms with Gasteiger partial charge < -0.3 is 5.11 Å². The van der Waals surface area contributed by atoms with E-state index in [9.17, 15) is 5.11 Å². The van der Waals surface area contributed by atoms with Gasteiger partial charge in [-0.1, -0.05) is 35.9 Å². The van der Waals surface area contributed by atoms with E-state index in [-0.39, 0.29) is 0 Å². The fraction of sp³-hybridized carbons (Fsp3) is 0.333. The smallest absolute Gasteiger partial charge is 0.0905 e. The third-order valence-electron chi connectivity index (χ3n) is 2.04. The fourth-order valence-electron chi connectivity index (χ4n) is 1.49. The van der Waals surface area contributed by atoms with Crippen molar-refractivity contribution in [2.24, 2.45) is 0 Å². The maximum atomic E-state index is 10.1. The third kappa shape index (κ3) is 2.71. The molecule has 0 aliphatic rings. The van der Waals surface area contributed by atoms with Crippen LogP contribution in [0.3, 0.4) is 0 Å². The molecule has 0 saturated carbocycles. The van der Waals surface area contributed by atoms with Gasteiger partial charge in [0.25, 0.3) is 0 Å². The van der Waals surface area contributed by atoms with Gasteiger partial charge in [0, 0.05) is 6.42 Å². The molecule has 1 aromatic rings. The second-order valence-corrected chi connectivity index (χ2v) is 3.77. The van der Waals surface area contributed by atoms with E-state index in [0.29, 0.717) is 6.42 Å². The minimum absolute atomic E-state index is 0.608. The van der Waals surface area contributed by atoms with Crippen LogP contribution in [-0.4, -0.2) is 5.11 Å². The molecular formula is C12H16O. The van der Waals surface area contributed by atoms with Crippen LogP contribution in [0.4, 0.5) is 0 Å². The van der Waals surface area contributed by atoms with Gasteiger partial charge in [-0.15, -0.1) is 6.58 Å². The Balaban J connectivity index is 2.87. The molecule has 0 saturated heterocycles. The fourth-order valence-corrected chi connectivity index (χ4v) is 1.49. The first-order valence-electron chi connectivity index (χ1n) is 4.44. The monoisotopic (exact) mass is 176 g/mol. The molecule has 0 fully saturated rings. The van der Waals surface area contributed by atoms with Gasteiger partial charge in [0.05, 0.1) is 5.60 Å². The number of aliphatic hydroxyl groups is 1. The van der Waals surface area contributed by atoms with Crippen LogP contribution in [0.25, 0.3) is 0 Å². The van der Waals surface area contributed by atoms with Crippen molar-refractivity contribution >= 4 is 0 Å². The topological polar surface area (TPSA) is 20.2 Å². The van der Waals surface area contributed by atoms with E-state index in [1.54, 1.807) is 0 Å². The maximum Gasteiger partial charge on any atom is 0.0905 e. The van der Waals surface area contributed by atoms with E-state index in [1.807, 2.05) is 44.2 Å². The summed E-state index contributed by atoms with van der Waals surface area (Å²) < 4.78 is 0. The van der Waals surface area contributed by atoms with Crippen molar-refractivity contribution < 1.29 is 5.11 Å². The first-order valence-corrected chi connectivity index (χ1v) is 4.44. The van der Waals surface area contributed by atoms with Crippen LogP contribution in [0.5, 0.6) is 0 Å². The lowest BCUT2D eigenvalue weighted by Crippen LogP contribution is -2.20. The Morgan fingerprint density at radius 1 is 1.38 bits per heavy atom. The molecule has 1 N–H and O–H groups in total. The van der Waals surface area contributed by atoms with Crippen LogP contribution < -0.4 is 0 Å². The van der Waals surface area contributed by atoms with Crippen molar-refractivity contribution in [3.8, 4) is 0 Å². The molecule has 1 aromatic carbocycles. The molecule has 70 valence electrons. The molecule has 0 unspecified atom stereocenters. The molecule has 1 heteroatoms. The number of benzene rings is 1. The van der Waals surface area contributed by atoms with Gasteiger partial charge >= 0.3 is 0 Å². The summed E-state index contributed by atoms with van der Waals surface area (Å²) in [6.07, 6.45) is 0.608. The Labute approximate surface area is 79.7 Å². The lowest BCUT2D eigenvalue weighted by atomic mass is 9.90. The molecule has 0 amide bonds. The Kier molecular flexibility index (Phi) is 2.89. The van der Waals surface area contributed by atoms with Crippen LogP contribution >= 0.6 is 0 Å². The summed E-state index contributed by atoms with van der Waals surface area (Å²) in [7, 11) is 0. The largest absolute Gasteiger partial charge is 0.385 e. The summed E-state index contributed by atoms with van der Waals surface area (Å²) in [4.78, 5) is 0. The molecule has 13 heavy (non-hydrogen) atoms. The lowest BCUT2D eigenvalue weighted by molar-refractivity contribution is 0.0578. The van der Waals surface area contributed by atoms with Gasteiger partial charge in [0.15, 0.2) is 0 Å². The normalized spacial score (nSPS) is 15.0. The number of hydrogen-bond acceptors (Lipinski definition) is 1. The maximum absolute atomic E-state index is 10.1. The highest BCUT2D eigenvalue weighted by Gasteiger charge is 2.22. The molecule has 0 spiro atoms. The van der Waals surface area contributed by atoms with E-state index in [4.69, 9.17) is 0 Å². The first kappa shape index (κ1) is 10.0. The highest BCUT2D eigenvalue weighted by molar-refractivity contribution is 5.23. The summed E-state index contributed by atoms with van der Waals surface area (Å²) in [6.45, 7) is 7.55. The highest BCUT2D eigenvalue weighted by Crippen LogP contribution is 2.26. The predicted octanol–water partition coefficient (Wildman–Crippen LogP) is 2.86. The van der Waals surface area contributed by atoms with Gasteiger partial charge in [-0.3, -0.25) is 0 Å². The van der Waals surface area contributed by atoms with Crippen LogP contribution in [-0.2, 0) is 5.60 Å². The second-order valence-electron chi connectivity index (χ2n) is 3.77. The van der Waals surface area contributed by atoms with Gasteiger partial charge in [0.1, 0.15) is 0 Å². The highest BCUT2D eigenvalue weighted by atomic mass is 16.3. The zero-order chi connectivity index (χ0) is 9.90. The van der Waals surface area contributed by atoms with Gasteiger partial charge in [0.2, 0.25) is 0 Å². The van der Waals surface area contributed by atoms with E-state index in [0.717, 1.165) is 11.1 Å². The Morgan fingerprint density at radius 3 is 2.38 bits per heavy atom. The van der Waals surface area contributed by atoms with Gasteiger partial charge in [-0.2, -0.15) is 0 Å². The molecule has 0 aromatic heterocycles. The third-order valence-corrected chi connectivity index (χ3v) is 2.04. The molecule has 0 bridgehead atoms. The van der Waals surface area contributed by atoms with Crippen LogP contribution in [0.15, 0.2) is 42.5 Å². The van der Waals surface area contributed by atoms with Crippen molar-refractivity contribution in [1.82, 2.24) is 0 Å². The van der Waals surface area contributed by atoms with Crippen molar-refractivity contribution in [3.63, 3.8) is 0 Å². The van der Waals surface area contributed by atoms with E-state index >= 15 is 0 Å². The van der Waals surface area contributed by atoms with Crippen LogP contribution in [0, 0.1) is 0 Å². The first-order chi connectivity index (χ1) is 6.02. The predicted molar refractivity (Wildman–Crippen MR) is 55.4 cm³/mol. The average Bonchev–Trinajstić information content (AvgIpc) is 2.04. The van der Waals surface area contributed by atoms with Crippen LogP contribution in [0.1, 0.15) is 25.8 Å².